The molecule has 13 heteroatoms. The molecule has 0 spiro atoms. The minimum Gasteiger partial charge on any atom is -0.478 e. The van der Waals surface area contributed by atoms with Crippen LogP contribution >= 0.6 is 0 Å². The molecule has 1 aromatic rings. The Hall–Kier alpha value is -2.13. The molecular formula is C20H32N6O6S. The van der Waals surface area contributed by atoms with Crippen molar-refractivity contribution in [1.29, 1.82) is 0 Å². The highest BCUT2D eigenvalue weighted by atomic mass is 32.2. The van der Waals surface area contributed by atoms with Crippen molar-refractivity contribution >= 4 is 21.9 Å². The number of amides is 1. The average molecular weight is 485 g/mol. The van der Waals surface area contributed by atoms with Crippen LogP contribution in [0.1, 0.15) is 32.1 Å². The van der Waals surface area contributed by atoms with Crippen LogP contribution in [-0.4, -0.2) is 69.6 Å². The third-order valence-corrected chi connectivity index (χ3v) is 6.97. The van der Waals surface area contributed by atoms with Crippen molar-refractivity contribution in [3.8, 4) is 0 Å². The van der Waals surface area contributed by atoms with Crippen LogP contribution in [0.25, 0.3) is 0 Å². The van der Waals surface area contributed by atoms with E-state index in [2.05, 4.69) is 31.5 Å². The van der Waals surface area contributed by atoms with Crippen LogP contribution in [-0.2, 0) is 24.4 Å². The number of aliphatic carboxylic acids is 1. The number of hydrogen-bond donors (Lipinski definition) is 7. The van der Waals surface area contributed by atoms with E-state index in [4.69, 9.17) is 4.84 Å². The van der Waals surface area contributed by atoms with E-state index in [1.807, 2.05) is 0 Å². The molecule has 2 unspecified atom stereocenters. The van der Waals surface area contributed by atoms with Crippen LogP contribution in [0.2, 0.25) is 0 Å². The van der Waals surface area contributed by atoms with Crippen molar-refractivity contribution in [2.24, 2.45) is 0 Å². The van der Waals surface area contributed by atoms with Gasteiger partial charge in [-0.2, -0.15) is 4.72 Å². The molecule has 0 bridgehead atoms. The van der Waals surface area contributed by atoms with E-state index in [1.54, 1.807) is 6.07 Å². The first kappa shape index (κ1) is 25.5. The van der Waals surface area contributed by atoms with Gasteiger partial charge in [0.15, 0.2) is 0 Å². The molecule has 33 heavy (non-hydrogen) atoms. The Labute approximate surface area is 193 Å². The molecule has 0 aliphatic carbocycles. The summed E-state index contributed by atoms with van der Waals surface area (Å²) in [6.45, 7) is 2.88. The van der Waals surface area contributed by atoms with Gasteiger partial charge in [-0.1, -0.05) is 18.2 Å². The zero-order chi connectivity index (χ0) is 23.7. The molecule has 2 heterocycles. The number of hydrogen-bond acceptors (Lipinski definition) is 9. The Kier molecular flexibility index (Phi) is 9.14. The van der Waals surface area contributed by atoms with Crippen molar-refractivity contribution in [2.45, 2.75) is 55.1 Å². The van der Waals surface area contributed by atoms with Crippen molar-refractivity contribution in [3.05, 3.63) is 30.3 Å². The molecule has 0 aromatic heterocycles. The average Bonchev–Trinajstić information content (AvgIpc) is 3.48. The van der Waals surface area contributed by atoms with E-state index in [0.29, 0.717) is 32.4 Å². The van der Waals surface area contributed by atoms with Crippen molar-refractivity contribution in [1.82, 2.24) is 31.5 Å². The van der Waals surface area contributed by atoms with E-state index in [9.17, 15) is 23.1 Å². The third-order valence-electron chi connectivity index (χ3n) is 5.46. The fourth-order valence-electron chi connectivity index (χ4n) is 3.74. The molecular weight excluding hydrogens is 452 g/mol. The van der Waals surface area contributed by atoms with Crippen LogP contribution in [0.5, 0.6) is 0 Å². The summed E-state index contributed by atoms with van der Waals surface area (Å²) in [5.74, 6) is -2.09. The van der Waals surface area contributed by atoms with Gasteiger partial charge in [-0.25, -0.2) is 18.7 Å². The summed E-state index contributed by atoms with van der Waals surface area (Å²) in [6.07, 6.45) is 0.895. The molecule has 184 valence electrons. The van der Waals surface area contributed by atoms with Crippen LogP contribution in [0, 0.1) is 0 Å². The number of carboxylic acids is 1. The number of unbranched alkanes of at least 4 members (excludes halogenated alkanes) is 1. The highest BCUT2D eigenvalue weighted by Crippen LogP contribution is 2.19. The molecule has 2 aliphatic heterocycles. The zero-order valence-electron chi connectivity index (χ0n) is 18.3. The number of carbonyl (C=O) groups excluding carboxylic acids is 1. The topological polar surface area (TPSA) is 170 Å². The summed E-state index contributed by atoms with van der Waals surface area (Å²) < 4.78 is 28.2. The van der Waals surface area contributed by atoms with Gasteiger partial charge in [-0.3, -0.25) is 25.6 Å². The number of benzene rings is 1. The molecule has 3 rings (SSSR count). The first-order valence-electron chi connectivity index (χ1n) is 11.0. The fourth-order valence-corrected chi connectivity index (χ4v) is 5.07. The normalized spacial score (nSPS) is 21.0. The molecule has 2 atom stereocenters. The van der Waals surface area contributed by atoms with E-state index in [1.165, 1.54) is 24.3 Å². The second-order valence-electron chi connectivity index (χ2n) is 8.06. The summed E-state index contributed by atoms with van der Waals surface area (Å²) in [5.41, 5.74) is 0.477. The molecule has 0 radical (unpaired) electrons. The van der Waals surface area contributed by atoms with Gasteiger partial charge in [0.1, 0.15) is 6.29 Å². The van der Waals surface area contributed by atoms with Gasteiger partial charge < -0.3 is 10.4 Å². The van der Waals surface area contributed by atoms with Crippen molar-refractivity contribution in [2.75, 3.05) is 26.2 Å². The molecule has 1 aromatic carbocycles. The third kappa shape index (κ3) is 7.43. The fraction of sp³-hybridized carbons (Fsp3) is 0.600. The Balaban J connectivity index is 1.70. The second kappa shape index (κ2) is 11.8. The maximum absolute atomic E-state index is 13.0. The van der Waals surface area contributed by atoms with Gasteiger partial charge in [-0.05, 0) is 44.4 Å². The predicted molar refractivity (Wildman–Crippen MR) is 119 cm³/mol. The largest absolute Gasteiger partial charge is 0.478 e. The highest BCUT2D eigenvalue weighted by molar-refractivity contribution is 7.89. The Morgan fingerprint density at radius 2 is 1.85 bits per heavy atom. The van der Waals surface area contributed by atoms with Gasteiger partial charge in [0.05, 0.1) is 17.4 Å². The molecule has 2 saturated heterocycles. The van der Waals surface area contributed by atoms with Gasteiger partial charge >= 0.3 is 5.97 Å². The van der Waals surface area contributed by atoms with Gasteiger partial charge in [0, 0.05) is 19.6 Å². The SMILES string of the molecule is O=C(CC1CCNO1)NC(CCCCNC1NCCN1)(NS(=O)(=O)c1ccccc1)C(=O)O. The van der Waals surface area contributed by atoms with Crippen LogP contribution in [0.15, 0.2) is 35.2 Å². The second-order valence-corrected chi connectivity index (χ2v) is 9.74. The Morgan fingerprint density at radius 3 is 2.48 bits per heavy atom. The summed E-state index contributed by atoms with van der Waals surface area (Å²) >= 11 is 0. The minimum absolute atomic E-state index is 0.00876. The van der Waals surface area contributed by atoms with Crippen molar-refractivity contribution in [3.63, 3.8) is 0 Å². The van der Waals surface area contributed by atoms with E-state index in [-0.39, 0.29) is 24.0 Å². The Bertz CT molecular complexity index is 890. The lowest BCUT2D eigenvalue weighted by molar-refractivity contribution is -0.149. The summed E-state index contributed by atoms with van der Waals surface area (Å²) in [5, 5.41) is 22.1. The van der Waals surface area contributed by atoms with Gasteiger partial charge in [0.2, 0.25) is 21.6 Å². The first-order chi connectivity index (χ1) is 15.8. The molecule has 2 aliphatic rings. The van der Waals surface area contributed by atoms with Crippen LogP contribution in [0.4, 0.5) is 0 Å². The zero-order valence-corrected chi connectivity index (χ0v) is 19.1. The molecule has 7 N–H and O–H groups in total. The van der Waals surface area contributed by atoms with Crippen LogP contribution in [0.3, 0.4) is 0 Å². The van der Waals surface area contributed by atoms with Gasteiger partial charge in [0.25, 0.3) is 0 Å². The molecule has 1 amide bonds. The minimum atomic E-state index is -4.22. The smallest absolute Gasteiger partial charge is 0.345 e. The number of rotatable bonds is 13. The quantitative estimate of drug-likeness (QED) is 0.133. The van der Waals surface area contributed by atoms with E-state index < -0.39 is 33.7 Å². The monoisotopic (exact) mass is 484 g/mol. The predicted octanol–water partition coefficient (Wildman–Crippen LogP) is -1.22. The lowest BCUT2D eigenvalue weighted by atomic mass is 10.0. The molecule has 2 fully saturated rings. The van der Waals surface area contributed by atoms with E-state index in [0.717, 1.165) is 13.1 Å². The number of sulfonamides is 1. The lowest BCUT2D eigenvalue weighted by Gasteiger charge is -2.31. The maximum atomic E-state index is 13.0. The maximum Gasteiger partial charge on any atom is 0.345 e. The van der Waals surface area contributed by atoms with E-state index >= 15 is 0 Å². The van der Waals surface area contributed by atoms with Gasteiger partial charge in [-0.15, -0.1) is 0 Å². The number of nitrogens with one attached hydrogen (secondary N) is 6. The first-order valence-corrected chi connectivity index (χ1v) is 12.5. The van der Waals surface area contributed by atoms with Crippen molar-refractivity contribution < 1.29 is 28.0 Å². The standard InChI is InChI=1S/C20H32N6O6S/c27-17(14-15-8-11-24-32-15)25-20(18(28)29,9-4-5-10-21-19-22-12-13-23-19)26-33(30,31)16-6-2-1-3-7-16/h1-3,6-7,15,19,21-24,26H,4-5,8-14H2,(H,25,27)(H,28,29). The number of carboxylic acid groups (broad SMARTS) is 1. The number of hydroxylamine groups is 1. The van der Waals surface area contributed by atoms with Crippen LogP contribution < -0.4 is 31.5 Å². The summed E-state index contributed by atoms with van der Waals surface area (Å²) in [4.78, 5) is 30.1. The Morgan fingerprint density at radius 1 is 1.12 bits per heavy atom. The summed E-state index contributed by atoms with van der Waals surface area (Å²) in [7, 11) is -4.22. The number of carbonyl (C=O) groups is 2. The lowest BCUT2D eigenvalue weighted by Crippen LogP contribution is -2.65. The highest BCUT2D eigenvalue weighted by Gasteiger charge is 2.44. The molecule has 12 nitrogen and oxygen atoms in total. The summed E-state index contributed by atoms with van der Waals surface area (Å²) in [6, 6.07) is 7.45. The molecule has 0 saturated carbocycles.